The minimum atomic E-state index is -3.62. The fourth-order valence-electron chi connectivity index (χ4n) is 4.35. The van der Waals surface area contributed by atoms with Gasteiger partial charge in [-0.05, 0) is 43.7 Å². The number of nitrogens with one attached hydrogen (secondary N) is 1. The van der Waals surface area contributed by atoms with Gasteiger partial charge in [0.1, 0.15) is 16.6 Å². The van der Waals surface area contributed by atoms with Gasteiger partial charge < -0.3 is 14.6 Å². The SMILES string of the molecule is Cc1ccc(S(=O)(=O)N(C)C)cc1-c1cc(N2CCOC[C@H]2C)nc(-c2cc(Cl)nc3[nH]ccc23)n1. The van der Waals surface area contributed by atoms with Crippen LogP contribution in [0.1, 0.15) is 12.5 Å². The van der Waals surface area contributed by atoms with Gasteiger partial charge in [0.25, 0.3) is 0 Å². The zero-order valence-electron chi connectivity index (χ0n) is 20.5. The number of aromatic nitrogens is 4. The summed E-state index contributed by atoms with van der Waals surface area (Å²) >= 11 is 6.34. The van der Waals surface area contributed by atoms with Crippen LogP contribution in [0.15, 0.2) is 47.5 Å². The van der Waals surface area contributed by atoms with Crippen LogP contribution < -0.4 is 4.90 Å². The van der Waals surface area contributed by atoms with Crippen LogP contribution in [0.2, 0.25) is 5.15 Å². The summed E-state index contributed by atoms with van der Waals surface area (Å²) in [6.07, 6.45) is 1.80. The van der Waals surface area contributed by atoms with Crippen LogP contribution in [0.25, 0.3) is 33.7 Å². The highest BCUT2D eigenvalue weighted by atomic mass is 35.5. The van der Waals surface area contributed by atoms with E-state index in [0.29, 0.717) is 47.6 Å². The molecule has 3 aromatic heterocycles. The Balaban J connectivity index is 1.75. The van der Waals surface area contributed by atoms with Crippen LogP contribution in [0, 0.1) is 6.92 Å². The van der Waals surface area contributed by atoms with E-state index < -0.39 is 10.0 Å². The van der Waals surface area contributed by atoms with Gasteiger partial charge in [0.05, 0.1) is 29.8 Å². The number of anilines is 1. The number of sulfonamides is 1. The molecule has 4 aromatic rings. The van der Waals surface area contributed by atoms with Crippen LogP contribution in [-0.4, -0.2) is 72.6 Å². The maximum atomic E-state index is 12.9. The van der Waals surface area contributed by atoms with Crippen molar-refractivity contribution in [3.05, 3.63) is 53.3 Å². The summed E-state index contributed by atoms with van der Waals surface area (Å²) in [6, 6.07) is 10.8. The average Bonchev–Trinajstić information content (AvgIpc) is 3.32. The van der Waals surface area contributed by atoms with Crippen LogP contribution in [0.3, 0.4) is 0 Å². The van der Waals surface area contributed by atoms with Gasteiger partial charge >= 0.3 is 0 Å². The number of benzene rings is 1. The first-order valence-corrected chi connectivity index (χ1v) is 13.4. The molecule has 1 atom stereocenters. The molecule has 1 saturated heterocycles. The van der Waals surface area contributed by atoms with Crippen molar-refractivity contribution in [1.29, 1.82) is 0 Å². The lowest BCUT2D eigenvalue weighted by molar-refractivity contribution is 0.0985. The summed E-state index contributed by atoms with van der Waals surface area (Å²) in [4.78, 5) is 19.7. The largest absolute Gasteiger partial charge is 0.377 e. The Morgan fingerprint density at radius 1 is 1.11 bits per heavy atom. The Hall–Kier alpha value is -3.05. The summed E-state index contributed by atoms with van der Waals surface area (Å²) in [5.41, 5.74) is 3.62. The number of morpholine rings is 1. The fraction of sp³-hybridized carbons (Fsp3) is 0.320. The van der Waals surface area contributed by atoms with Crippen LogP contribution in [-0.2, 0) is 14.8 Å². The Labute approximate surface area is 215 Å². The molecule has 0 unspecified atom stereocenters. The predicted molar refractivity (Wildman–Crippen MR) is 141 cm³/mol. The van der Waals surface area contributed by atoms with Gasteiger partial charge in [-0.25, -0.2) is 27.7 Å². The van der Waals surface area contributed by atoms with Gasteiger partial charge in [0, 0.05) is 49.4 Å². The first kappa shape index (κ1) is 24.6. The molecule has 0 spiro atoms. The molecule has 11 heteroatoms. The quantitative estimate of drug-likeness (QED) is 0.390. The Morgan fingerprint density at radius 3 is 2.67 bits per heavy atom. The lowest BCUT2D eigenvalue weighted by Crippen LogP contribution is -2.44. The highest BCUT2D eigenvalue weighted by Crippen LogP contribution is 2.34. The van der Waals surface area contributed by atoms with Crippen LogP contribution in [0.4, 0.5) is 5.82 Å². The van der Waals surface area contributed by atoms with Crippen molar-refractivity contribution >= 4 is 38.5 Å². The third-order valence-electron chi connectivity index (χ3n) is 6.38. The summed E-state index contributed by atoms with van der Waals surface area (Å²) in [5.74, 6) is 1.22. The molecule has 1 N–H and O–H groups in total. The van der Waals surface area contributed by atoms with E-state index >= 15 is 0 Å². The zero-order chi connectivity index (χ0) is 25.6. The first-order chi connectivity index (χ1) is 17.1. The van der Waals surface area contributed by atoms with E-state index in [9.17, 15) is 8.42 Å². The Bertz CT molecular complexity index is 1550. The summed E-state index contributed by atoms with van der Waals surface area (Å²) in [6.45, 7) is 5.89. The number of hydrogen-bond donors (Lipinski definition) is 1. The topological polar surface area (TPSA) is 104 Å². The highest BCUT2D eigenvalue weighted by molar-refractivity contribution is 7.89. The van der Waals surface area contributed by atoms with E-state index in [0.717, 1.165) is 22.3 Å². The molecule has 188 valence electrons. The average molecular weight is 527 g/mol. The molecule has 5 rings (SSSR count). The number of hydrogen-bond acceptors (Lipinski definition) is 7. The second kappa shape index (κ2) is 9.44. The van der Waals surface area contributed by atoms with Crippen LogP contribution in [0.5, 0.6) is 0 Å². The zero-order valence-corrected chi connectivity index (χ0v) is 22.1. The number of rotatable bonds is 5. The maximum absolute atomic E-state index is 12.9. The van der Waals surface area contributed by atoms with Gasteiger partial charge in [-0.3, -0.25) is 0 Å². The van der Waals surface area contributed by atoms with Gasteiger partial charge in [-0.1, -0.05) is 17.7 Å². The fourth-order valence-corrected chi connectivity index (χ4v) is 5.47. The lowest BCUT2D eigenvalue weighted by atomic mass is 10.0. The van der Waals surface area contributed by atoms with Crippen molar-refractivity contribution in [2.75, 3.05) is 38.8 Å². The van der Waals surface area contributed by atoms with Crippen molar-refractivity contribution < 1.29 is 13.2 Å². The number of aryl methyl sites for hydroxylation is 1. The van der Waals surface area contributed by atoms with E-state index in [4.69, 9.17) is 26.3 Å². The smallest absolute Gasteiger partial charge is 0.242 e. The molecule has 0 radical (unpaired) electrons. The molecule has 36 heavy (non-hydrogen) atoms. The Morgan fingerprint density at radius 2 is 1.92 bits per heavy atom. The molecule has 1 fully saturated rings. The molecule has 4 heterocycles. The van der Waals surface area contributed by atoms with Crippen molar-refractivity contribution in [1.82, 2.24) is 24.2 Å². The highest BCUT2D eigenvalue weighted by Gasteiger charge is 2.24. The van der Waals surface area contributed by atoms with Gasteiger partial charge in [0.15, 0.2) is 5.82 Å². The van der Waals surface area contributed by atoms with Crippen molar-refractivity contribution in [3.63, 3.8) is 0 Å². The molecule has 9 nitrogen and oxygen atoms in total. The monoisotopic (exact) mass is 526 g/mol. The number of aromatic amines is 1. The molecular weight excluding hydrogens is 500 g/mol. The minimum Gasteiger partial charge on any atom is -0.377 e. The van der Waals surface area contributed by atoms with Gasteiger partial charge in [-0.2, -0.15) is 0 Å². The second-order valence-electron chi connectivity index (χ2n) is 9.05. The van der Waals surface area contributed by atoms with E-state index in [-0.39, 0.29) is 10.9 Å². The third kappa shape index (κ3) is 4.45. The number of H-pyrrole nitrogens is 1. The van der Waals surface area contributed by atoms with E-state index in [2.05, 4.69) is 21.8 Å². The van der Waals surface area contributed by atoms with E-state index in [1.54, 1.807) is 30.5 Å². The number of pyridine rings is 1. The number of nitrogens with zero attached hydrogens (tertiary/aromatic N) is 5. The predicted octanol–water partition coefficient (Wildman–Crippen LogP) is 4.12. The lowest BCUT2D eigenvalue weighted by Gasteiger charge is -2.34. The molecular formula is C25H27ClN6O3S. The number of halogens is 1. The number of ether oxygens (including phenoxy) is 1. The van der Waals surface area contributed by atoms with Crippen molar-refractivity contribution in [2.45, 2.75) is 24.8 Å². The molecule has 1 aliphatic heterocycles. The summed E-state index contributed by atoms with van der Waals surface area (Å²) in [5, 5.41) is 1.17. The Kier molecular flexibility index (Phi) is 6.46. The molecule has 1 aromatic carbocycles. The van der Waals surface area contributed by atoms with Crippen molar-refractivity contribution in [2.24, 2.45) is 0 Å². The van der Waals surface area contributed by atoms with Crippen LogP contribution >= 0.6 is 11.6 Å². The third-order valence-corrected chi connectivity index (χ3v) is 8.38. The molecule has 1 aliphatic rings. The first-order valence-electron chi connectivity index (χ1n) is 11.6. The van der Waals surface area contributed by atoms with Gasteiger partial charge in [0.2, 0.25) is 10.0 Å². The van der Waals surface area contributed by atoms with E-state index in [1.807, 2.05) is 19.1 Å². The molecule has 0 aliphatic carbocycles. The van der Waals surface area contributed by atoms with Gasteiger partial charge in [-0.15, -0.1) is 0 Å². The maximum Gasteiger partial charge on any atom is 0.242 e. The molecule has 0 amide bonds. The molecule has 0 bridgehead atoms. The van der Waals surface area contributed by atoms with Crippen molar-refractivity contribution in [3.8, 4) is 22.6 Å². The second-order valence-corrected chi connectivity index (χ2v) is 11.6. The summed E-state index contributed by atoms with van der Waals surface area (Å²) < 4.78 is 32.6. The standard InChI is InChI=1S/C25H27ClN6O3S/c1-15-5-6-17(36(33,34)31(3)4)11-19(15)21-13-23(32-9-10-35-14-16(32)2)30-25(28-21)20-12-22(26)29-24-18(20)7-8-27-24/h5-8,11-13,16H,9-10,14H2,1-4H3,(H,27,29)/t16-/m1/s1. The van der Waals surface area contributed by atoms with E-state index in [1.165, 1.54) is 18.4 Å². The minimum absolute atomic E-state index is 0.115. The molecule has 0 saturated carbocycles. The summed E-state index contributed by atoms with van der Waals surface area (Å²) in [7, 11) is -0.582. The number of fused-ring (bicyclic) bond motifs is 1. The normalized spacial score (nSPS) is 16.7.